The van der Waals surface area contributed by atoms with Crippen molar-refractivity contribution in [1.29, 1.82) is 0 Å². The van der Waals surface area contributed by atoms with E-state index in [-0.39, 0.29) is 29.4 Å². The molecule has 0 spiro atoms. The molecule has 1 heterocycles. The molecule has 10 nitrogen and oxygen atoms in total. The zero-order valence-corrected chi connectivity index (χ0v) is 25.3. The summed E-state index contributed by atoms with van der Waals surface area (Å²) in [6, 6.07) is 0. The average Bonchev–Trinajstić information content (AvgIpc) is 2.91. The van der Waals surface area contributed by atoms with Gasteiger partial charge in [-0.1, -0.05) is 44.7 Å². The molecule has 1 aliphatic heterocycles. The third-order valence-corrected chi connectivity index (χ3v) is 7.36. The van der Waals surface area contributed by atoms with Crippen LogP contribution in [-0.4, -0.2) is 76.7 Å². The second-order valence-corrected chi connectivity index (χ2v) is 10.4. The summed E-state index contributed by atoms with van der Waals surface area (Å²) < 4.78 is 28.7. The maximum atomic E-state index is 13.5. The molecule has 7 unspecified atom stereocenters. The first-order valence-electron chi connectivity index (χ1n) is 13.5. The van der Waals surface area contributed by atoms with Crippen molar-refractivity contribution in [2.45, 2.75) is 64.6 Å². The fraction of sp³-hybridized carbons (Fsp3) is 0.516. The summed E-state index contributed by atoms with van der Waals surface area (Å²) in [6.07, 6.45) is 6.62. The van der Waals surface area contributed by atoms with Crippen LogP contribution in [0.3, 0.4) is 0 Å². The van der Waals surface area contributed by atoms with Crippen LogP contribution in [0.25, 0.3) is 0 Å². The molecule has 226 valence electrons. The summed E-state index contributed by atoms with van der Waals surface area (Å²) in [7, 11) is 6.23. The zero-order valence-electron chi connectivity index (χ0n) is 25.3. The Morgan fingerprint density at radius 3 is 2.24 bits per heavy atom. The van der Waals surface area contributed by atoms with Gasteiger partial charge in [0.15, 0.2) is 6.10 Å². The quantitative estimate of drug-likeness (QED) is 0.476. The summed E-state index contributed by atoms with van der Waals surface area (Å²) in [5.74, 6) is -1.18. The van der Waals surface area contributed by atoms with Crippen molar-refractivity contribution in [2.75, 3.05) is 28.4 Å². The Morgan fingerprint density at radius 1 is 1.00 bits per heavy atom. The third kappa shape index (κ3) is 8.84. The van der Waals surface area contributed by atoms with E-state index in [1.165, 1.54) is 13.2 Å². The van der Waals surface area contributed by atoms with E-state index < -0.39 is 36.4 Å². The van der Waals surface area contributed by atoms with E-state index >= 15 is 0 Å². The molecular weight excluding hydrogens is 528 g/mol. The smallest absolute Gasteiger partial charge is 0.405 e. The lowest BCUT2D eigenvalue weighted by molar-refractivity contribution is -0.120. The van der Waals surface area contributed by atoms with Gasteiger partial charge in [-0.15, -0.1) is 0 Å². The van der Waals surface area contributed by atoms with Crippen molar-refractivity contribution in [2.24, 2.45) is 17.6 Å². The van der Waals surface area contributed by atoms with E-state index in [9.17, 15) is 14.4 Å². The summed E-state index contributed by atoms with van der Waals surface area (Å²) >= 11 is 0. The lowest BCUT2D eigenvalue weighted by Crippen LogP contribution is -2.40. The van der Waals surface area contributed by atoms with Gasteiger partial charge in [0.2, 0.25) is 5.78 Å². The molecule has 0 radical (unpaired) electrons. The number of nitrogens with two attached hydrogens (primary N) is 1. The highest BCUT2D eigenvalue weighted by molar-refractivity contribution is 6.13. The monoisotopic (exact) mass is 572 g/mol. The van der Waals surface area contributed by atoms with Gasteiger partial charge in [-0.2, -0.15) is 0 Å². The number of allylic oxidation sites excluding steroid dienone is 6. The Hall–Kier alpha value is -3.31. The fourth-order valence-corrected chi connectivity index (χ4v) is 5.30. The Bertz CT molecular complexity index is 1150. The van der Waals surface area contributed by atoms with Crippen LogP contribution < -0.4 is 11.1 Å². The van der Waals surface area contributed by atoms with Crippen molar-refractivity contribution in [1.82, 2.24) is 5.32 Å². The Balaban J connectivity index is 2.66. The molecule has 0 aromatic heterocycles. The molecule has 2 bridgehead atoms. The lowest BCUT2D eigenvalue weighted by Gasteiger charge is -2.34. The first-order chi connectivity index (χ1) is 19.4. The van der Waals surface area contributed by atoms with Crippen LogP contribution in [0.2, 0.25) is 0 Å². The number of ketones is 1. The van der Waals surface area contributed by atoms with Crippen LogP contribution >= 0.6 is 0 Å². The Morgan fingerprint density at radius 2 is 1.68 bits per heavy atom. The van der Waals surface area contributed by atoms with Crippen LogP contribution in [0, 0.1) is 11.8 Å². The molecule has 2 amide bonds. The minimum Gasteiger partial charge on any atom is -0.439 e. The standard InChI is InChI=1S/C31H44N2O8/c1-17-13-22-26(34)23(14-17)33-30(35)18(2)11-10-12-24(37-6)29(41-31(32)36)20(4)15-19(3)28(40-9)25(38-7)16-21(5)27(22)39-8/h10-15,19,21,24-25,27-29H,1,16H2,2-9H3,(H2,32,36)(H,33,35)/b12-10-,18-11+,20-15+. The second kappa shape index (κ2) is 15.6. The van der Waals surface area contributed by atoms with Crippen LogP contribution in [-0.2, 0) is 33.3 Å². The van der Waals surface area contributed by atoms with E-state index in [0.29, 0.717) is 28.7 Å². The first kappa shape index (κ1) is 33.9. The predicted octanol–water partition coefficient (Wildman–Crippen LogP) is 3.70. The number of amides is 2. The summed E-state index contributed by atoms with van der Waals surface area (Å²) in [5.41, 5.74) is 7.48. The summed E-state index contributed by atoms with van der Waals surface area (Å²) in [5, 5.41) is 2.70. The van der Waals surface area contributed by atoms with E-state index in [1.54, 1.807) is 52.6 Å². The van der Waals surface area contributed by atoms with Crippen molar-refractivity contribution < 1.29 is 38.1 Å². The SMILES string of the molecule is C=C1C=C2NC(=O)/C(C)=C/C=C\C(OC)C(OC(N)=O)/C(C)=C/C(C)C(OC)C(OC)CC(C)C(OC)C(=C1)C2=O. The van der Waals surface area contributed by atoms with Gasteiger partial charge < -0.3 is 34.7 Å². The van der Waals surface area contributed by atoms with Crippen molar-refractivity contribution in [3.8, 4) is 0 Å². The average molecular weight is 573 g/mol. The molecule has 2 rings (SSSR count). The van der Waals surface area contributed by atoms with Crippen molar-refractivity contribution >= 4 is 17.8 Å². The van der Waals surface area contributed by atoms with Gasteiger partial charge in [0.1, 0.15) is 6.10 Å². The molecule has 41 heavy (non-hydrogen) atoms. The minimum atomic E-state index is -0.951. The fourth-order valence-electron chi connectivity index (χ4n) is 5.30. The number of rotatable bonds is 5. The Labute approximate surface area is 242 Å². The van der Waals surface area contributed by atoms with E-state index in [0.717, 1.165) is 0 Å². The van der Waals surface area contributed by atoms with Crippen LogP contribution in [0.4, 0.5) is 4.79 Å². The van der Waals surface area contributed by atoms with Gasteiger partial charge in [0.05, 0.1) is 24.0 Å². The molecule has 0 aromatic carbocycles. The van der Waals surface area contributed by atoms with Crippen molar-refractivity contribution in [3.63, 3.8) is 0 Å². The van der Waals surface area contributed by atoms with Gasteiger partial charge >= 0.3 is 6.09 Å². The number of hydrogen-bond donors (Lipinski definition) is 2. The van der Waals surface area contributed by atoms with Crippen LogP contribution in [0.15, 0.2) is 71.0 Å². The number of ether oxygens (including phenoxy) is 5. The highest BCUT2D eigenvalue weighted by atomic mass is 16.6. The zero-order chi connectivity index (χ0) is 30.9. The normalized spacial score (nSPS) is 33.9. The highest BCUT2D eigenvalue weighted by Gasteiger charge is 2.35. The molecule has 1 aliphatic carbocycles. The van der Waals surface area contributed by atoms with E-state index in [1.807, 2.05) is 26.8 Å². The largest absolute Gasteiger partial charge is 0.439 e. The van der Waals surface area contributed by atoms with Crippen LogP contribution in [0.1, 0.15) is 34.1 Å². The van der Waals surface area contributed by atoms with Gasteiger partial charge in [-0.05, 0) is 49.5 Å². The van der Waals surface area contributed by atoms with Crippen LogP contribution in [0.5, 0.6) is 0 Å². The molecule has 0 fully saturated rings. The number of Topliss-reactive ketones (excluding diaryl/α,β-unsaturated/α-hetero) is 1. The minimum absolute atomic E-state index is 0.109. The highest BCUT2D eigenvalue weighted by Crippen LogP contribution is 2.31. The predicted molar refractivity (Wildman–Crippen MR) is 156 cm³/mol. The number of carbonyl (C=O) groups is 3. The number of hydrogen-bond acceptors (Lipinski definition) is 8. The molecule has 2 aliphatic rings. The molecule has 0 aromatic rings. The molecule has 10 heteroatoms. The summed E-state index contributed by atoms with van der Waals surface area (Å²) in [6.45, 7) is 11.4. The number of carbonyl (C=O) groups excluding carboxylic acids is 3. The second-order valence-electron chi connectivity index (χ2n) is 10.4. The van der Waals surface area contributed by atoms with E-state index in [4.69, 9.17) is 29.4 Å². The van der Waals surface area contributed by atoms with Gasteiger partial charge in [0.25, 0.3) is 5.91 Å². The van der Waals surface area contributed by atoms with Gasteiger partial charge in [-0.3, -0.25) is 9.59 Å². The molecule has 3 N–H and O–H groups in total. The maximum absolute atomic E-state index is 13.5. The summed E-state index contributed by atoms with van der Waals surface area (Å²) in [4.78, 5) is 38.3. The number of primary amides is 1. The number of nitrogens with one attached hydrogen (secondary N) is 1. The molecule has 0 saturated heterocycles. The Kier molecular flexibility index (Phi) is 12.9. The molecule has 0 saturated carbocycles. The van der Waals surface area contributed by atoms with E-state index in [2.05, 4.69) is 11.9 Å². The number of fused-ring (bicyclic) bond motifs is 2. The molecular formula is C31H44N2O8. The van der Waals surface area contributed by atoms with Gasteiger partial charge in [0, 0.05) is 45.5 Å². The topological polar surface area (TPSA) is 135 Å². The lowest BCUT2D eigenvalue weighted by atomic mass is 9.83. The maximum Gasteiger partial charge on any atom is 0.405 e. The van der Waals surface area contributed by atoms with Gasteiger partial charge in [-0.25, -0.2) is 4.79 Å². The third-order valence-electron chi connectivity index (χ3n) is 7.36. The first-order valence-corrected chi connectivity index (χ1v) is 13.5. The number of methoxy groups -OCH3 is 4. The molecule has 7 atom stereocenters. The van der Waals surface area contributed by atoms with Crippen molar-refractivity contribution in [3.05, 3.63) is 71.0 Å².